The number of anilines is 1. The summed E-state index contributed by atoms with van der Waals surface area (Å²) in [4.78, 5) is 9.61. The molecule has 2 aliphatic heterocycles. The lowest BCUT2D eigenvalue weighted by atomic mass is 9.95. The first-order valence-electron chi connectivity index (χ1n) is 9.14. The van der Waals surface area contributed by atoms with E-state index >= 15 is 0 Å². The van der Waals surface area contributed by atoms with Gasteiger partial charge < -0.3 is 14.1 Å². The number of ether oxygens (including phenoxy) is 1. The van der Waals surface area contributed by atoms with Crippen LogP contribution in [0.1, 0.15) is 26.7 Å². The molecule has 0 N–H and O–H groups in total. The molecule has 4 rings (SSSR count). The average Bonchev–Trinajstić information content (AvgIpc) is 3.03. The molecule has 5 nitrogen and oxygen atoms in total. The molecule has 2 atom stereocenters. The Labute approximate surface area is 143 Å². The lowest BCUT2D eigenvalue weighted by Crippen LogP contribution is -2.48. The van der Waals surface area contributed by atoms with Crippen molar-refractivity contribution in [2.75, 3.05) is 37.6 Å². The van der Waals surface area contributed by atoms with Crippen molar-refractivity contribution in [2.45, 2.75) is 38.9 Å². The number of morpholine rings is 1. The van der Waals surface area contributed by atoms with Gasteiger partial charge in [-0.25, -0.2) is 4.98 Å². The predicted molar refractivity (Wildman–Crippen MR) is 95.4 cm³/mol. The second kappa shape index (κ2) is 6.73. The van der Waals surface area contributed by atoms with E-state index in [1.807, 2.05) is 18.3 Å². The Bertz CT molecular complexity index is 668. The van der Waals surface area contributed by atoms with Crippen molar-refractivity contribution in [1.29, 1.82) is 0 Å². The van der Waals surface area contributed by atoms with E-state index in [1.165, 1.54) is 19.4 Å². The molecule has 0 spiro atoms. The minimum Gasteiger partial charge on any atom is -0.464 e. The average molecular weight is 329 g/mol. The van der Waals surface area contributed by atoms with Crippen molar-refractivity contribution in [3.05, 3.63) is 24.6 Å². The second-order valence-corrected chi connectivity index (χ2v) is 7.37. The van der Waals surface area contributed by atoms with Gasteiger partial charge in [0.2, 0.25) is 0 Å². The third-order valence-corrected chi connectivity index (χ3v) is 5.28. The highest BCUT2D eigenvalue weighted by molar-refractivity contribution is 5.88. The summed E-state index contributed by atoms with van der Waals surface area (Å²) >= 11 is 0. The Morgan fingerprint density at radius 2 is 1.88 bits per heavy atom. The molecule has 24 heavy (non-hydrogen) atoms. The summed E-state index contributed by atoms with van der Waals surface area (Å²) in [6.07, 6.45) is 6.78. The second-order valence-electron chi connectivity index (χ2n) is 7.37. The number of hydrogen-bond acceptors (Lipinski definition) is 5. The van der Waals surface area contributed by atoms with Crippen LogP contribution in [-0.4, -0.2) is 54.8 Å². The summed E-state index contributed by atoms with van der Waals surface area (Å²) in [6.45, 7) is 9.87. The lowest BCUT2D eigenvalue weighted by molar-refractivity contribution is -0.0720. The topological polar surface area (TPSA) is 41.7 Å². The lowest BCUT2D eigenvalue weighted by Gasteiger charge is -2.39. The molecule has 5 heteroatoms. The highest BCUT2D eigenvalue weighted by Crippen LogP contribution is 2.29. The standard InChI is InChI=1S/C19H27N3O2/c1-14-11-21(12-15(2)24-14)13-16-4-8-22(9-5-16)19-17-6-10-23-18(17)3-7-20-19/h3,6-7,10,14-16H,4-5,8-9,11-13H2,1-2H3/t14-,15+. The predicted octanol–water partition coefficient (Wildman–Crippen LogP) is 3.15. The van der Waals surface area contributed by atoms with Crippen molar-refractivity contribution in [2.24, 2.45) is 5.92 Å². The Kier molecular flexibility index (Phi) is 4.46. The van der Waals surface area contributed by atoms with E-state index in [-0.39, 0.29) is 0 Å². The van der Waals surface area contributed by atoms with Gasteiger partial charge in [-0.15, -0.1) is 0 Å². The van der Waals surface area contributed by atoms with Gasteiger partial charge in [0.25, 0.3) is 0 Å². The first kappa shape index (κ1) is 15.9. The number of nitrogens with zero attached hydrogens (tertiary/aromatic N) is 3. The van der Waals surface area contributed by atoms with E-state index in [4.69, 9.17) is 9.15 Å². The SMILES string of the molecule is C[C@@H]1CN(CC2CCN(c3nccc4occc34)CC2)C[C@H](C)O1. The first-order valence-corrected chi connectivity index (χ1v) is 9.14. The van der Waals surface area contributed by atoms with Crippen LogP contribution in [0.2, 0.25) is 0 Å². The van der Waals surface area contributed by atoms with E-state index in [0.29, 0.717) is 12.2 Å². The maximum absolute atomic E-state index is 5.85. The van der Waals surface area contributed by atoms with Gasteiger partial charge in [-0.3, -0.25) is 4.90 Å². The number of rotatable bonds is 3. The maximum Gasteiger partial charge on any atom is 0.139 e. The van der Waals surface area contributed by atoms with Crippen molar-refractivity contribution in [1.82, 2.24) is 9.88 Å². The number of hydrogen-bond donors (Lipinski definition) is 0. The van der Waals surface area contributed by atoms with Crippen LogP contribution >= 0.6 is 0 Å². The fraction of sp³-hybridized carbons (Fsp3) is 0.632. The minimum absolute atomic E-state index is 0.358. The Balaban J connectivity index is 1.36. The molecule has 0 aromatic carbocycles. The van der Waals surface area contributed by atoms with Crippen LogP contribution < -0.4 is 4.90 Å². The fourth-order valence-corrected chi connectivity index (χ4v) is 4.26. The van der Waals surface area contributed by atoms with Crippen LogP contribution in [0.25, 0.3) is 11.0 Å². The van der Waals surface area contributed by atoms with Crippen LogP contribution in [0.4, 0.5) is 5.82 Å². The van der Waals surface area contributed by atoms with Crippen LogP contribution in [0.15, 0.2) is 29.0 Å². The van der Waals surface area contributed by atoms with Crippen molar-refractivity contribution in [3.8, 4) is 0 Å². The molecule has 2 aromatic rings. The molecular weight excluding hydrogens is 302 g/mol. The van der Waals surface area contributed by atoms with E-state index in [9.17, 15) is 0 Å². The van der Waals surface area contributed by atoms with E-state index in [0.717, 1.165) is 48.9 Å². The van der Waals surface area contributed by atoms with Crippen LogP contribution in [-0.2, 0) is 4.74 Å². The largest absolute Gasteiger partial charge is 0.464 e. The molecule has 0 amide bonds. The molecule has 2 aromatic heterocycles. The smallest absolute Gasteiger partial charge is 0.139 e. The third-order valence-electron chi connectivity index (χ3n) is 5.28. The van der Waals surface area contributed by atoms with Crippen molar-refractivity contribution < 1.29 is 9.15 Å². The molecule has 2 aliphatic rings. The maximum atomic E-state index is 5.85. The Hall–Kier alpha value is -1.59. The number of pyridine rings is 1. The normalized spacial score (nSPS) is 27.0. The molecule has 0 saturated carbocycles. The molecule has 4 heterocycles. The molecular formula is C19H27N3O2. The number of furan rings is 1. The monoisotopic (exact) mass is 329 g/mol. The summed E-state index contributed by atoms with van der Waals surface area (Å²) in [5, 5.41) is 1.13. The number of piperidine rings is 1. The van der Waals surface area contributed by atoms with Gasteiger partial charge in [-0.2, -0.15) is 0 Å². The van der Waals surface area contributed by atoms with Gasteiger partial charge >= 0.3 is 0 Å². The van der Waals surface area contributed by atoms with Crippen LogP contribution in [0, 0.1) is 5.92 Å². The first-order chi connectivity index (χ1) is 11.7. The molecule has 0 bridgehead atoms. The van der Waals surface area contributed by atoms with Gasteiger partial charge in [0, 0.05) is 38.9 Å². The summed E-state index contributed by atoms with van der Waals surface area (Å²) in [5.74, 6) is 1.86. The Morgan fingerprint density at radius 3 is 2.62 bits per heavy atom. The summed E-state index contributed by atoms with van der Waals surface area (Å²) in [5.41, 5.74) is 0.929. The van der Waals surface area contributed by atoms with Gasteiger partial charge in [-0.1, -0.05) is 0 Å². The van der Waals surface area contributed by atoms with Gasteiger partial charge in [0.1, 0.15) is 11.4 Å². The van der Waals surface area contributed by atoms with Gasteiger partial charge in [-0.05, 0) is 44.7 Å². The highest BCUT2D eigenvalue weighted by Gasteiger charge is 2.27. The highest BCUT2D eigenvalue weighted by atomic mass is 16.5. The van der Waals surface area contributed by atoms with Crippen molar-refractivity contribution in [3.63, 3.8) is 0 Å². The minimum atomic E-state index is 0.358. The quantitative estimate of drug-likeness (QED) is 0.865. The molecule has 130 valence electrons. The van der Waals surface area contributed by atoms with E-state index in [2.05, 4.69) is 28.6 Å². The zero-order valence-corrected chi connectivity index (χ0v) is 14.6. The summed E-state index contributed by atoms with van der Waals surface area (Å²) in [6, 6.07) is 3.96. The van der Waals surface area contributed by atoms with E-state index in [1.54, 1.807) is 6.26 Å². The number of fused-ring (bicyclic) bond motifs is 1. The van der Waals surface area contributed by atoms with Crippen LogP contribution in [0.5, 0.6) is 0 Å². The van der Waals surface area contributed by atoms with Gasteiger partial charge in [0.15, 0.2) is 0 Å². The zero-order valence-electron chi connectivity index (χ0n) is 14.6. The molecule has 2 saturated heterocycles. The molecule has 0 radical (unpaired) electrons. The van der Waals surface area contributed by atoms with Crippen molar-refractivity contribution >= 4 is 16.8 Å². The zero-order chi connectivity index (χ0) is 16.5. The molecule has 2 fully saturated rings. The van der Waals surface area contributed by atoms with Crippen LogP contribution in [0.3, 0.4) is 0 Å². The fourth-order valence-electron chi connectivity index (χ4n) is 4.26. The number of aromatic nitrogens is 1. The summed E-state index contributed by atoms with van der Waals surface area (Å²) < 4.78 is 11.4. The molecule has 0 unspecified atom stereocenters. The molecule has 0 aliphatic carbocycles. The third kappa shape index (κ3) is 3.28. The Morgan fingerprint density at radius 1 is 1.12 bits per heavy atom. The summed E-state index contributed by atoms with van der Waals surface area (Å²) in [7, 11) is 0. The van der Waals surface area contributed by atoms with E-state index < -0.39 is 0 Å². The van der Waals surface area contributed by atoms with Gasteiger partial charge in [0.05, 0.1) is 23.9 Å².